The van der Waals surface area contributed by atoms with Gasteiger partial charge < -0.3 is 24.8 Å². The Bertz CT molecular complexity index is 848. The predicted molar refractivity (Wildman–Crippen MR) is 94.7 cm³/mol. The molecule has 1 aliphatic heterocycles. The molecule has 1 aliphatic rings. The van der Waals surface area contributed by atoms with E-state index in [0.29, 0.717) is 12.3 Å². The van der Waals surface area contributed by atoms with Crippen molar-refractivity contribution >= 4 is 16.8 Å². The summed E-state index contributed by atoms with van der Waals surface area (Å²) >= 11 is 0. The first-order chi connectivity index (χ1) is 12.3. The van der Waals surface area contributed by atoms with E-state index in [2.05, 4.69) is 15.6 Å². The summed E-state index contributed by atoms with van der Waals surface area (Å²) in [7, 11) is 0. The average molecular weight is 339 g/mol. The molecule has 0 atom stereocenters. The number of nitrogens with one attached hydrogen (secondary N) is 3. The second kappa shape index (κ2) is 7.03. The van der Waals surface area contributed by atoms with Crippen molar-refractivity contribution in [3.63, 3.8) is 0 Å². The van der Waals surface area contributed by atoms with Crippen LogP contribution in [0.3, 0.4) is 0 Å². The second-order valence-corrected chi connectivity index (χ2v) is 6.32. The summed E-state index contributed by atoms with van der Waals surface area (Å²) in [4.78, 5) is 15.7. The third kappa shape index (κ3) is 3.53. The number of carbonyl (C=O) groups excluding carboxylic acids is 1. The van der Waals surface area contributed by atoms with E-state index < -0.39 is 0 Å². The molecule has 1 amide bonds. The number of fused-ring (bicyclic) bond motifs is 1. The summed E-state index contributed by atoms with van der Waals surface area (Å²) in [5, 5.41) is 7.31. The van der Waals surface area contributed by atoms with Gasteiger partial charge >= 0.3 is 0 Å². The number of piperidine rings is 1. The maximum atomic E-state index is 12.5. The van der Waals surface area contributed by atoms with E-state index in [1.54, 1.807) is 12.5 Å². The molecule has 1 fully saturated rings. The number of furan rings is 1. The molecule has 3 heterocycles. The van der Waals surface area contributed by atoms with Gasteiger partial charge in [0.15, 0.2) is 0 Å². The second-order valence-electron chi connectivity index (χ2n) is 6.32. The van der Waals surface area contributed by atoms with Gasteiger partial charge in [0.05, 0.1) is 12.5 Å². The minimum atomic E-state index is -0.0658. The van der Waals surface area contributed by atoms with Gasteiger partial charge in [0.25, 0.3) is 5.91 Å². The fourth-order valence-corrected chi connectivity index (χ4v) is 3.14. The number of hydrogen-bond donors (Lipinski definition) is 3. The van der Waals surface area contributed by atoms with Crippen molar-refractivity contribution in [2.45, 2.75) is 25.5 Å². The fourth-order valence-electron chi connectivity index (χ4n) is 3.14. The largest absolute Gasteiger partial charge is 0.488 e. The van der Waals surface area contributed by atoms with E-state index in [9.17, 15) is 4.79 Å². The Morgan fingerprint density at radius 2 is 2.16 bits per heavy atom. The molecule has 0 aliphatic carbocycles. The minimum absolute atomic E-state index is 0.0658. The van der Waals surface area contributed by atoms with Gasteiger partial charge in [0, 0.05) is 22.5 Å². The zero-order valence-electron chi connectivity index (χ0n) is 13.9. The zero-order chi connectivity index (χ0) is 17.1. The highest BCUT2D eigenvalue weighted by Gasteiger charge is 2.18. The molecule has 0 saturated carbocycles. The molecule has 3 aromatic rings. The number of H-pyrrole nitrogens is 1. The summed E-state index contributed by atoms with van der Waals surface area (Å²) in [5.74, 6) is 0.680. The van der Waals surface area contributed by atoms with Crippen LogP contribution in [0.25, 0.3) is 10.9 Å². The van der Waals surface area contributed by atoms with Crippen molar-refractivity contribution in [1.82, 2.24) is 15.6 Å². The Labute approximate surface area is 145 Å². The minimum Gasteiger partial charge on any atom is -0.488 e. The lowest BCUT2D eigenvalue weighted by Crippen LogP contribution is -2.42. The maximum Gasteiger partial charge on any atom is 0.267 e. The van der Waals surface area contributed by atoms with Gasteiger partial charge in [-0.2, -0.15) is 0 Å². The molecule has 6 heteroatoms. The van der Waals surface area contributed by atoms with Gasteiger partial charge in [-0.3, -0.25) is 4.79 Å². The Morgan fingerprint density at radius 3 is 2.96 bits per heavy atom. The molecule has 4 rings (SSSR count). The highest BCUT2D eigenvalue weighted by molar-refractivity contribution is 5.99. The molecule has 2 aromatic heterocycles. The summed E-state index contributed by atoms with van der Waals surface area (Å²) in [5.41, 5.74) is 2.42. The average Bonchev–Trinajstić information content (AvgIpc) is 3.30. The summed E-state index contributed by atoms with van der Waals surface area (Å²) < 4.78 is 10.9. The summed E-state index contributed by atoms with van der Waals surface area (Å²) in [6.07, 6.45) is 5.21. The van der Waals surface area contributed by atoms with Crippen molar-refractivity contribution in [3.8, 4) is 5.75 Å². The number of aromatic nitrogens is 1. The molecular weight excluding hydrogens is 318 g/mol. The molecule has 1 saturated heterocycles. The molecule has 0 radical (unpaired) electrons. The number of aromatic amines is 1. The predicted octanol–water partition coefficient (Wildman–Crippen LogP) is 2.82. The van der Waals surface area contributed by atoms with Crippen molar-refractivity contribution in [3.05, 3.63) is 54.1 Å². The lowest BCUT2D eigenvalue weighted by atomic mass is 10.1. The topological polar surface area (TPSA) is 79.3 Å². The van der Waals surface area contributed by atoms with Crippen molar-refractivity contribution < 1.29 is 13.9 Å². The molecule has 3 N–H and O–H groups in total. The fraction of sp³-hybridized carbons (Fsp3) is 0.316. The van der Waals surface area contributed by atoms with Crippen LogP contribution in [0.2, 0.25) is 0 Å². The van der Waals surface area contributed by atoms with Gasteiger partial charge in [-0.1, -0.05) is 6.07 Å². The summed E-state index contributed by atoms with van der Waals surface area (Å²) in [6, 6.07) is 9.73. The Morgan fingerprint density at radius 1 is 1.28 bits per heavy atom. The molecule has 6 nitrogen and oxygen atoms in total. The molecule has 1 aromatic carbocycles. The summed E-state index contributed by atoms with van der Waals surface area (Å²) in [6.45, 7) is 2.32. The molecular formula is C19H21N3O3. The number of rotatable bonds is 5. The molecule has 130 valence electrons. The lowest BCUT2D eigenvalue weighted by molar-refractivity contribution is 0.0925. The maximum absolute atomic E-state index is 12.5. The third-order valence-electron chi connectivity index (χ3n) is 4.52. The number of amides is 1. The molecule has 0 spiro atoms. The van der Waals surface area contributed by atoms with Gasteiger partial charge in [-0.15, -0.1) is 0 Å². The Hall–Kier alpha value is -2.73. The highest BCUT2D eigenvalue weighted by Crippen LogP contribution is 2.27. The van der Waals surface area contributed by atoms with Crippen LogP contribution in [0.1, 0.15) is 28.9 Å². The van der Waals surface area contributed by atoms with Crippen molar-refractivity contribution in [1.29, 1.82) is 0 Å². The Balaban J connectivity index is 1.50. The highest BCUT2D eigenvalue weighted by atomic mass is 16.5. The van der Waals surface area contributed by atoms with Gasteiger partial charge in [-0.25, -0.2) is 0 Å². The van der Waals surface area contributed by atoms with Gasteiger partial charge in [-0.05, 0) is 50.2 Å². The van der Waals surface area contributed by atoms with Crippen LogP contribution in [-0.4, -0.2) is 30.0 Å². The van der Waals surface area contributed by atoms with Crippen LogP contribution in [-0.2, 0) is 6.61 Å². The standard InChI is InChI=1S/C19H21N3O3/c23-19(21-14-4-7-20-8-5-14)17-10-15-16(22-17)2-1-3-18(15)25-12-13-6-9-24-11-13/h1-3,6,9-11,14,20,22H,4-5,7-8,12H2,(H,21,23). The van der Waals surface area contributed by atoms with Gasteiger partial charge in [0.1, 0.15) is 18.1 Å². The van der Waals surface area contributed by atoms with E-state index in [1.165, 1.54) is 0 Å². The number of hydrogen-bond acceptors (Lipinski definition) is 4. The molecule has 0 unspecified atom stereocenters. The van der Waals surface area contributed by atoms with E-state index in [-0.39, 0.29) is 11.9 Å². The van der Waals surface area contributed by atoms with Crippen LogP contribution >= 0.6 is 0 Å². The van der Waals surface area contributed by atoms with E-state index in [0.717, 1.165) is 48.1 Å². The van der Waals surface area contributed by atoms with Gasteiger partial charge in [0.2, 0.25) is 0 Å². The molecule has 0 bridgehead atoms. The zero-order valence-corrected chi connectivity index (χ0v) is 13.9. The van der Waals surface area contributed by atoms with E-state index in [1.807, 2.05) is 30.3 Å². The first-order valence-electron chi connectivity index (χ1n) is 8.57. The SMILES string of the molecule is O=C(NC1CCNCC1)c1cc2c(OCc3ccoc3)cccc2[nH]1. The van der Waals surface area contributed by atoms with E-state index >= 15 is 0 Å². The first-order valence-corrected chi connectivity index (χ1v) is 8.57. The third-order valence-corrected chi connectivity index (χ3v) is 4.52. The van der Waals surface area contributed by atoms with Crippen LogP contribution in [0.15, 0.2) is 47.3 Å². The first kappa shape index (κ1) is 15.8. The van der Waals surface area contributed by atoms with Crippen LogP contribution in [0.5, 0.6) is 5.75 Å². The van der Waals surface area contributed by atoms with Crippen LogP contribution in [0.4, 0.5) is 0 Å². The Kier molecular flexibility index (Phi) is 4.43. The lowest BCUT2D eigenvalue weighted by Gasteiger charge is -2.23. The smallest absolute Gasteiger partial charge is 0.267 e. The number of carbonyl (C=O) groups is 1. The van der Waals surface area contributed by atoms with Crippen LogP contribution < -0.4 is 15.4 Å². The van der Waals surface area contributed by atoms with E-state index in [4.69, 9.17) is 9.15 Å². The normalized spacial score (nSPS) is 15.4. The molecule has 25 heavy (non-hydrogen) atoms. The van der Waals surface area contributed by atoms with Crippen LogP contribution in [0, 0.1) is 0 Å². The number of ether oxygens (including phenoxy) is 1. The number of benzene rings is 1. The quantitative estimate of drug-likeness (QED) is 0.668. The van der Waals surface area contributed by atoms with Crippen molar-refractivity contribution in [2.24, 2.45) is 0 Å². The van der Waals surface area contributed by atoms with Crippen molar-refractivity contribution in [2.75, 3.05) is 13.1 Å². The monoisotopic (exact) mass is 339 g/mol.